The van der Waals surface area contributed by atoms with E-state index in [1.807, 2.05) is 11.8 Å². The Hall–Kier alpha value is -1.47. The molecule has 0 saturated carbocycles. The lowest BCUT2D eigenvalue weighted by atomic mass is 10.1. The molecule has 0 bridgehead atoms. The molecule has 1 atom stereocenters. The second-order valence-corrected chi connectivity index (χ2v) is 5.40. The van der Waals surface area contributed by atoms with E-state index in [2.05, 4.69) is 15.0 Å². The Morgan fingerprint density at radius 2 is 2.10 bits per heavy atom. The van der Waals surface area contributed by atoms with Crippen LogP contribution in [0.4, 0.5) is 0 Å². The summed E-state index contributed by atoms with van der Waals surface area (Å²) in [4.78, 5) is 20.3. The molecule has 112 valence electrons. The van der Waals surface area contributed by atoms with Crippen molar-refractivity contribution in [2.24, 2.45) is 5.73 Å². The molecule has 0 spiro atoms. The van der Waals surface area contributed by atoms with Crippen LogP contribution in [-0.2, 0) is 11.3 Å². The van der Waals surface area contributed by atoms with Crippen LogP contribution in [-0.4, -0.2) is 58.1 Å². The summed E-state index contributed by atoms with van der Waals surface area (Å²) in [5.41, 5.74) is 5.68. The molecule has 0 aliphatic carbocycles. The third-order valence-electron chi connectivity index (χ3n) is 3.47. The molecule has 1 amide bonds. The Morgan fingerprint density at radius 1 is 1.40 bits per heavy atom. The van der Waals surface area contributed by atoms with Crippen molar-refractivity contribution in [3.05, 3.63) is 11.7 Å². The fourth-order valence-electron chi connectivity index (χ4n) is 2.27. The van der Waals surface area contributed by atoms with Gasteiger partial charge in [-0.15, -0.1) is 0 Å². The van der Waals surface area contributed by atoms with Crippen molar-refractivity contribution in [2.45, 2.75) is 39.3 Å². The van der Waals surface area contributed by atoms with E-state index >= 15 is 0 Å². The second-order valence-electron chi connectivity index (χ2n) is 5.40. The third-order valence-corrected chi connectivity index (χ3v) is 3.47. The molecule has 2 N–H and O–H groups in total. The van der Waals surface area contributed by atoms with Crippen molar-refractivity contribution >= 4 is 5.91 Å². The average molecular weight is 281 g/mol. The van der Waals surface area contributed by atoms with Crippen LogP contribution in [0.2, 0.25) is 0 Å². The van der Waals surface area contributed by atoms with Crippen LogP contribution in [0.5, 0.6) is 0 Å². The van der Waals surface area contributed by atoms with Crippen LogP contribution in [0.1, 0.15) is 31.5 Å². The van der Waals surface area contributed by atoms with Gasteiger partial charge in [0.25, 0.3) is 0 Å². The van der Waals surface area contributed by atoms with Crippen LogP contribution in [0.25, 0.3) is 0 Å². The van der Waals surface area contributed by atoms with Gasteiger partial charge in [0.15, 0.2) is 5.82 Å². The van der Waals surface area contributed by atoms with Gasteiger partial charge >= 0.3 is 0 Å². The summed E-state index contributed by atoms with van der Waals surface area (Å²) >= 11 is 0. The summed E-state index contributed by atoms with van der Waals surface area (Å²) in [6.45, 7) is 7.60. The van der Waals surface area contributed by atoms with Crippen LogP contribution in [0.3, 0.4) is 0 Å². The number of carbonyl (C=O) groups is 1. The molecule has 1 aliphatic heterocycles. The largest absolute Gasteiger partial charge is 0.340 e. The third kappa shape index (κ3) is 4.28. The van der Waals surface area contributed by atoms with Crippen LogP contribution < -0.4 is 5.73 Å². The average Bonchev–Trinajstić information content (AvgIpc) is 2.82. The number of hydrogen-bond acceptors (Lipinski definition) is 6. The molecule has 2 rings (SSSR count). The van der Waals surface area contributed by atoms with Gasteiger partial charge < -0.3 is 15.2 Å². The van der Waals surface area contributed by atoms with Gasteiger partial charge in [-0.1, -0.05) is 5.16 Å². The van der Waals surface area contributed by atoms with E-state index in [0.717, 1.165) is 32.6 Å². The van der Waals surface area contributed by atoms with Gasteiger partial charge in [0, 0.05) is 45.6 Å². The van der Waals surface area contributed by atoms with Crippen molar-refractivity contribution in [1.82, 2.24) is 19.9 Å². The summed E-state index contributed by atoms with van der Waals surface area (Å²) in [7, 11) is 0. The summed E-state index contributed by atoms with van der Waals surface area (Å²) in [6.07, 6.45) is 1.29. The van der Waals surface area contributed by atoms with E-state index in [0.29, 0.717) is 24.7 Å². The summed E-state index contributed by atoms with van der Waals surface area (Å²) in [5, 5.41) is 3.89. The van der Waals surface area contributed by atoms with Crippen molar-refractivity contribution in [1.29, 1.82) is 0 Å². The number of amides is 1. The summed E-state index contributed by atoms with van der Waals surface area (Å²) < 4.78 is 4.96. The van der Waals surface area contributed by atoms with E-state index in [4.69, 9.17) is 10.3 Å². The Kier molecular flexibility index (Phi) is 5.08. The molecule has 0 aromatic carbocycles. The molecule has 1 aliphatic rings. The minimum absolute atomic E-state index is 0.0849. The highest BCUT2D eigenvalue weighted by molar-refractivity contribution is 5.76. The molecular formula is C13H23N5O2. The van der Waals surface area contributed by atoms with Crippen molar-refractivity contribution < 1.29 is 9.32 Å². The molecule has 7 nitrogen and oxygen atoms in total. The maximum absolute atomic E-state index is 12.0. The first-order valence-electron chi connectivity index (χ1n) is 7.09. The zero-order chi connectivity index (χ0) is 14.5. The van der Waals surface area contributed by atoms with E-state index in [1.54, 1.807) is 6.92 Å². The molecule has 1 aromatic heterocycles. The molecule has 0 radical (unpaired) electrons. The van der Waals surface area contributed by atoms with Crippen molar-refractivity contribution in [3.8, 4) is 0 Å². The molecule has 1 unspecified atom stereocenters. The first kappa shape index (κ1) is 14.9. The van der Waals surface area contributed by atoms with Gasteiger partial charge in [0.05, 0.1) is 6.54 Å². The number of carbonyl (C=O) groups excluding carboxylic acids is 1. The zero-order valence-corrected chi connectivity index (χ0v) is 12.2. The Morgan fingerprint density at radius 3 is 2.65 bits per heavy atom. The Bertz CT molecular complexity index is 438. The minimum Gasteiger partial charge on any atom is -0.340 e. The Labute approximate surface area is 119 Å². The number of piperazine rings is 1. The highest BCUT2D eigenvalue weighted by Crippen LogP contribution is 2.08. The number of hydrogen-bond donors (Lipinski definition) is 1. The highest BCUT2D eigenvalue weighted by Gasteiger charge is 2.22. The van der Waals surface area contributed by atoms with E-state index in [-0.39, 0.29) is 11.9 Å². The van der Waals surface area contributed by atoms with E-state index in [1.165, 1.54) is 0 Å². The lowest BCUT2D eigenvalue weighted by molar-refractivity contribution is -0.133. The van der Waals surface area contributed by atoms with Gasteiger partial charge in [-0.2, -0.15) is 4.98 Å². The SMILES string of the molecule is Cc1nc(CN2CCN(C(=O)CCC(C)N)CC2)no1. The predicted octanol–water partition coefficient (Wildman–Crippen LogP) is 0.150. The molecule has 7 heteroatoms. The molecule has 1 saturated heterocycles. The number of rotatable bonds is 5. The molecular weight excluding hydrogens is 258 g/mol. The topological polar surface area (TPSA) is 88.5 Å². The van der Waals surface area contributed by atoms with E-state index < -0.39 is 0 Å². The normalized spacial score (nSPS) is 18.2. The number of aryl methyl sites for hydroxylation is 1. The second kappa shape index (κ2) is 6.81. The highest BCUT2D eigenvalue weighted by atomic mass is 16.5. The number of nitrogens with two attached hydrogens (primary N) is 1. The summed E-state index contributed by atoms with van der Waals surface area (Å²) in [6, 6.07) is 0.0849. The zero-order valence-electron chi connectivity index (χ0n) is 12.2. The van der Waals surface area contributed by atoms with Crippen molar-refractivity contribution in [2.75, 3.05) is 26.2 Å². The smallest absolute Gasteiger partial charge is 0.223 e. The number of nitrogens with zero attached hydrogens (tertiary/aromatic N) is 4. The van der Waals surface area contributed by atoms with Gasteiger partial charge in [-0.25, -0.2) is 0 Å². The van der Waals surface area contributed by atoms with Gasteiger partial charge in [-0.3, -0.25) is 9.69 Å². The van der Waals surface area contributed by atoms with E-state index in [9.17, 15) is 4.79 Å². The first-order valence-corrected chi connectivity index (χ1v) is 7.09. The predicted molar refractivity (Wildman–Crippen MR) is 73.8 cm³/mol. The lowest BCUT2D eigenvalue weighted by Gasteiger charge is -2.34. The minimum atomic E-state index is 0.0849. The standard InChI is InChI=1S/C13H23N5O2/c1-10(14)3-4-13(19)18-7-5-17(6-8-18)9-12-15-11(2)20-16-12/h10H,3-9,14H2,1-2H3. The quantitative estimate of drug-likeness (QED) is 0.826. The van der Waals surface area contributed by atoms with Gasteiger partial charge in [0.2, 0.25) is 11.8 Å². The summed E-state index contributed by atoms with van der Waals surface area (Å²) in [5.74, 6) is 1.50. The first-order chi connectivity index (χ1) is 9.54. The fraction of sp³-hybridized carbons (Fsp3) is 0.769. The molecule has 2 heterocycles. The lowest BCUT2D eigenvalue weighted by Crippen LogP contribution is -2.48. The maximum atomic E-state index is 12.0. The van der Waals surface area contributed by atoms with Gasteiger partial charge in [-0.05, 0) is 13.3 Å². The van der Waals surface area contributed by atoms with Gasteiger partial charge in [0.1, 0.15) is 0 Å². The molecule has 1 aromatic rings. The van der Waals surface area contributed by atoms with Crippen LogP contribution in [0, 0.1) is 6.92 Å². The monoisotopic (exact) mass is 281 g/mol. The van der Waals surface area contributed by atoms with Crippen LogP contribution in [0.15, 0.2) is 4.52 Å². The Balaban J connectivity index is 1.73. The molecule has 20 heavy (non-hydrogen) atoms. The van der Waals surface area contributed by atoms with Crippen LogP contribution >= 0.6 is 0 Å². The number of aromatic nitrogens is 2. The fourth-order valence-corrected chi connectivity index (χ4v) is 2.27. The molecule has 1 fully saturated rings. The maximum Gasteiger partial charge on any atom is 0.223 e. The van der Waals surface area contributed by atoms with Crippen molar-refractivity contribution in [3.63, 3.8) is 0 Å².